The van der Waals surface area contributed by atoms with Gasteiger partial charge in [0, 0.05) is 17.3 Å². The summed E-state index contributed by atoms with van der Waals surface area (Å²) in [5.41, 5.74) is 3.35. The number of ether oxygens (including phenoxy) is 1. The lowest BCUT2D eigenvalue weighted by molar-refractivity contribution is -0.139. The fourth-order valence-electron chi connectivity index (χ4n) is 1.72. The van der Waals surface area contributed by atoms with Crippen molar-refractivity contribution >= 4 is 44.5 Å². The lowest BCUT2D eigenvalue weighted by Crippen LogP contribution is -2.08. The summed E-state index contributed by atoms with van der Waals surface area (Å²) in [4.78, 5) is 11.7. The number of carbonyl (C=O) groups is 1. The Morgan fingerprint density at radius 3 is 2.83 bits per heavy atom. The van der Waals surface area contributed by atoms with E-state index in [4.69, 9.17) is 4.74 Å². The summed E-state index contributed by atoms with van der Waals surface area (Å²) in [5, 5.41) is 0.888. The average Bonchev–Trinajstić information content (AvgIpc) is 2.69. The van der Waals surface area contributed by atoms with Crippen LogP contribution in [0.25, 0.3) is 0 Å². The number of halogens is 2. The first kappa shape index (κ1) is 16.0. The van der Waals surface area contributed by atoms with Crippen molar-refractivity contribution < 1.29 is 9.53 Å². The summed E-state index contributed by atoms with van der Waals surface area (Å²) in [6.45, 7) is 4.13. The SMILES string of the molecule is C/C(=C/I)C[C@H]1C=C(CC/C=C(\C)CBr)C(=O)O1. The molecule has 0 aromatic carbocycles. The number of carbonyl (C=O) groups excluding carboxylic acids is 1. The molecular formula is C14H18BrIO2. The monoisotopic (exact) mass is 424 g/mol. The molecule has 100 valence electrons. The van der Waals surface area contributed by atoms with E-state index in [9.17, 15) is 4.79 Å². The Bertz CT molecular complexity index is 397. The van der Waals surface area contributed by atoms with E-state index in [1.54, 1.807) is 0 Å². The smallest absolute Gasteiger partial charge is 0.334 e. The molecule has 0 spiro atoms. The second kappa shape index (κ2) is 8.15. The number of allylic oxidation sites excluding steroid dienone is 2. The highest BCUT2D eigenvalue weighted by Gasteiger charge is 2.24. The summed E-state index contributed by atoms with van der Waals surface area (Å²) in [6, 6.07) is 0. The molecular weight excluding hydrogens is 407 g/mol. The molecule has 18 heavy (non-hydrogen) atoms. The van der Waals surface area contributed by atoms with Gasteiger partial charge in [-0.1, -0.05) is 55.7 Å². The molecule has 0 fully saturated rings. The van der Waals surface area contributed by atoms with Crippen molar-refractivity contribution in [3.8, 4) is 0 Å². The molecule has 1 atom stereocenters. The van der Waals surface area contributed by atoms with Crippen molar-refractivity contribution in [2.75, 3.05) is 5.33 Å². The van der Waals surface area contributed by atoms with E-state index in [0.29, 0.717) is 0 Å². The van der Waals surface area contributed by atoms with E-state index in [1.165, 1.54) is 11.1 Å². The van der Waals surface area contributed by atoms with Gasteiger partial charge in [-0.25, -0.2) is 4.79 Å². The van der Waals surface area contributed by atoms with Gasteiger partial charge >= 0.3 is 5.97 Å². The van der Waals surface area contributed by atoms with Crippen LogP contribution in [0.3, 0.4) is 0 Å². The van der Waals surface area contributed by atoms with Crippen molar-refractivity contribution in [2.24, 2.45) is 0 Å². The van der Waals surface area contributed by atoms with Crippen molar-refractivity contribution in [1.82, 2.24) is 0 Å². The van der Waals surface area contributed by atoms with Crippen LogP contribution in [0.2, 0.25) is 0 Å². The fraction of sp³-hybridized carbons (Fsp3) is 0.500. The number of cyclic esters (lactones) is 1. The van der Waals surface area contributed by atoms with E-state index >= 15 is 0 Å². The van der Waals surface area contributed by atoms with Gasteiger partial charge in [-0.3, -0.25) is 0 Å². The fourth-order valence-corrected chi connectivity index (χ4v) is 2.20. The third-order valence-electron chi connectivity index (χ3n) is 2.73. The summed E-state index contributed by atoms with van der Waals surface area (Å²) >= 11 is 5.61. The van der Waals surface area contributed by atoms with Crippen molar-refractivity contribution in [3.05, 3.63) is 33.0 Å². The van der Waals surface area contributed by atoms with E-state index in [-0.39, 0.29) is 12.1 Å². The molecule has 0 saturated heterocycles. The Balaban J connectivity index is 2.50. The molecule has 1 rings (SSSR count). The van der Waals surface area contributed by atoms with Gasteiger partial charge in [0.2, 0.25) is 0 Å². The first-order valence-corrected chi connectivity index (χ1v) is 8.32. The molecule has 0 radical (unpaired) electrons. The van der Waals surface area contributed by atoms with E-state index in [1.807, 2.05) is 17.1 Å². The maximum Gasteiger partial charge on any atom is 0.334 e. The third kappa shape index (κ3) is 5.26. The number of rotatable bonds is 6. The lowest BCUT2D eigenvalue weighted by Gasteiger charge is -2.06. The first-order chi connectivity index (χ1) is 8.56. The quantitative estimate of drug-likeness (QED) is 0.267. The molecule has 1 heterocycles. The first-order valence-electron chi connectivity index (χ1n) is 5.96. The van der Waals surface area contributed by atoms with Crippen LogP contribution in [0.4, 0.5) is 0 Å². The molecule has 0 N–H and O–H groups in total. The Labute approximate surface area is 131 Å². The molecule has 0 unspecified atom stereocenters. The molecule has 4 heteroatoms. The van der Waals surface area contributed by atoms with Gasteiger partial charge in [-0.2, -0.15) is 0 Å². The van der Waals surface area contributed by atoms with Crippen LogP contribution >= 0.6 is 38.5 Å². The zero-order valence-corrected chi connectivity index (χ0v) is 14.5. The van der Waals surface area contributed by atoms with Crippen LogP contribution in [0, 0.1) is 0 Å². The van der Waals surface area contributed by atoms with E-state index < -0.39 is 0 Å². The average molecular weight is 425 g/mol. The molecule has 0 bridgehead atoms. The highest BCUT2D eigenvalue weighted by molar-refractivity contribution is 14.1. The summed E-state index contributed by atoms with van der Waals surface area (Å²) < 4.78 is 7.35. The number of esters is 1. The molecule has 0 aliphatic carbocycles. The molecule has 2 nitrogen and oxygen atoms in total. The van der Waals surface area contributed by atoms with Crippen molar-refractivity contribution in [1.29, 1.82) is 0 Å². The van der Waals surface area contributed by atoms with Crippen molar-refractivity contribution in [3.63, 3.8) is 0 Å². The molecule has 0 aromatic heterocycles. The van der Waals surface area contributed by atoms with E-state index in [2.05, 4.69) is 51.5 Å². The van der Waals surface area contributed by atoms with Gasteiger partial charge < -0.3 is 4.74 Å². The third-order valence-corrected chi connectivity index (χ3v) is 4.68. The van der Waals surface area contributed by atoms with Gasteiger partial charge in [0.25, 0.3) is 0 Å². The molecule has 1 aliphatic heterocycles. The minimum Gasteiger partial charge on any atom is -0.454 e. The lowest BCUT2D eigenvalue weighted by atomic mass is 10.1. The van der Waals surface area contributed by atoms with Gasteiger partial charge in [0.15, 0.2) is 0 Å². The van der Waals surface area contributed by atoms with E-state index in [0.717, 1.165) is 30.2 Å². The van der Waals surface area contributed by atoms with Crippen molar-refractivity contribution in [2.45, 2.75) is 39.2 Å². The number of hydrogen-bond donors (Lipinski definition) is 0. The van der Waals surface area contributed by atoms with Gasteiger partial charge in [0.1, 0.15) is 6.10 Å². The molecule has 0 amide bonds. The van der Waals surface area contributed by atoms with Gasteiger partial charge in [-0.15, -0.1) is 0 Å². The highest BCUT2D eigenvalue weighted by atomic mass is 127. The zero-order valence-electron chi connectivity index (χ0n) is 10.7. The number of hydrogen-bond acceptors (Lipinski definition) is 2. The van der Waals surface area contributed by atoms with Crippen LogP contribution in [-0.2, 0) is 9.53 Å². The molecule has 0 saturated carbocycles. The predicted octanol–water partition coefficient (Wildman–Crippen LogP) is 4.69. The Hall–Kier alpha value is -0.100. The minimum atomic E-state index is -0.147. The standard InChI is InChI=1S/C14H18BrIO2/c1-10(8-15)4-3-5-12-7-13(18-14(12)17)6-11(2)9-16/h4,7,9,13H,3,5-6,8H2,1-2H3/b10-4+,11-9-/t13-/m0/s1. The Morgan fingerprint density at radius 1 is 1.50 bits per heavy atom. The normalized spacial score (nSPS) is 21.0. The second-order valence-corrected chi connectivity index (χ2v) is 5.70. The number of alkyl halides is 1. The second-order valence-electron chi connectivity index (χ2n) is 4.52. The topological polar surface area (TPSA) is 26.3 Å². The zero-order chi connectivity index (χ0) is 13.5. The van der Waals surface area contributed by atoms with Crippen LogP contribution in [0.5, 0.6) is 0 Å². The van der Waals surface area contributed by atoms with Crippen LogP contribution in [0.1, 0.15) is 33.1 Å². The van der Waals surface area contributed by atoms with Crippen LogP contribution < -0.4 is 0 Å². The summed E-state index contributed by atoms with van der Waals surface area (Å²) in [5.74, 6) is -0.147. The highest BCUT2D eigenvalue weighted by Crippen LogP contribution is 2.23. The summed E-state index contributed by atoms with van der Waals surface area (Å²) in [7, 11) is 0. The molecule has 1 aliphatic rings. The molecule has 0 aromatic rings. The van der Waals surface area contributed by atoms with Crippen LogP contribution in [-0.4, -0.2) is 17.4 Å². The predicted molar refractivity (Wildman–Crippen MR) is 87.1 cm³/mol. The Kier molecular flexibility index (Phi) is 7.22. The maximum absolute atomic E-state index is 11.7. The Morgan fingerprint density at radius 2 is 2.22 bits per heavy atom. The largest absolute Gasteiger partial charge is 0.454 e. The maximum atomic E-state index is 11.7. The van der Waals surface area contributed by atoms with Crippen LogP contribution in [0.15, 0.2) is 33.0 Å². The van der Waals surface area contributed by atoms with Gasteiger partial charge in [0.05, 0.1) is 0 Å². The summed E-state index contributed by atoms with van der Waals surface area (Å²) in [6.07, 6.45) is 6.53. The minimum absolute atomic E-state index is 0.0697. The van der Waals surface area contributed by atoms with Gasteiger partial charge in [-0.05, 0) is 36.8 Å².